The van der Waals surface area contributed by atoms with Crippen LogP contribution in [0.25, 0.3) is 10.8 Å². The van der Waals surface area contributed by atoms with E-state index in [1.807, 2.05) is 24.3 Å². The maximum atomic E-state index is 12.8. The predicted molar refractivity (Wildman–Crippen MR) is 135 cm³/mol. The van der Waals surface area contributed by atoms with Gasteiger partial charge in [-0.2, -0.15) is 0 Å². The zero-order valence-corrected chi connectivity index (χ0v) is 19.7. The molecule has 2 heterocycles. The number of hydrogen-bond donors (Lipinski definition) is 1. The Morgan fingerprint density at radius 2 is 1.74 bits per heavy atom. The molecule has 2 saturated heterocycles. The van der Waals surface area contributed by atoms with Gasteiger partial charge in [0.25, 0.3) is 5.91 Å². The molecule has 0 aromatic heterocycles. The SMILES string of the molecule is C[C@@H](C[C@H]1CCN(c2ccc(C(=O)N3CCC[C@@H]3C(=O)O)cc2)C1)c1cccc2ccccc12. The van der Waals surface area contributed by atoms with Crippen molar-refractivity contribution in [2.24, 2.45) is 5.92 Å². The number of carboxylic acids is 1. The van der Waals surface area contributed by atoms with Crippen LogP contribution in [0.15, 0.2) is 66.7 Å². The van der Waals surface area contributed by atoms with E-state index in [2.05, 4.69) is 54.3 Å². The third-order valence-corrected chi connectivity index (χ3v) is 7.61. The van der Waals surface area contributed by atoms with Gasteiger partial charge in [-0.3, -0.25) is 4.79 Å². The number of carbonyl (C=O) groups excluding carboxylic acids is 1. The second kappa shape index (κ2) is 9.49. The molecule has 0 aliphatic carbocycles. The van der Waals surface area contributed by atoms with Crippen molar-refractivity contribution in [3.8, 4) is 0 Å². The summed E-state index contributed by atoms with van der Waals surface area (Å²) in [6.07, 6.45) is 3.61. The van der Waals surface area contributed by atoms with Crippen LogP contribution in [0.1, 0.15) is 54.4 Å². The van der Waals surface area contributed by atoms with E-state index in [0.29, 0.717) is 30.4 Å². The molecule has 5 nitrogen and oxygen atoms in total. The number of rotatable bonds is 6. The van der Waals surface area contributed by atoms with Gasteiger partial charge in [-0.25, -0.2) is 4.79 Å². The number of carboxylic acid groups (broad SMARTS) is 1. The molecule has 2 fully saturated rings. The van der Waals surface area contributed by atoms with E-state index in [4.69, 9.17) is 0 Å². The number of carbonyl (C=O) groups is 2. The van der Waals surface area contributed by atoms with Crippen molar-refractivity contribution in [3.63, 3.8) is 0 Å². The monoisotopic (exact) mass is 456 g/mol. The lowest BCUT2D eigenvalue weighted by Crippen LogP contribution is -2.40. The van der Waals surface area contributed by atoms with E-state index >= 15 is 0 Å². The van der Waals surface area contributed by atoms with Gasteiger partial charge in [-0.1, -0.05) is 49.4 Å². The molecule has 0 saturated carbocycles. The highest BCUT2D eigenvalue weighted by Gasteiger charge is 2.34. The Bertz CT molecular complexity index is 1180. The van der Waals surface area contributed by atoms with Crippen LogP contribution in [0.5, 0.6) is 0 Å². The molecule has 0 spiro atoms. The van der Waals surface area contributed by atoms with Crippen molar-refractivity contribution in [2.45, 2.75) is 44.6 Å². The van der Waals surface area contributed by atoms with E-state index in [1.165, 1.54) is 27.7 Å². The fourth-order valence-electron chi connectivity index (χ4n) is 5.81. The number of anilines is 1. The van der Waals surface area contributed by atoms with Crippen LogP contribution < -0.4 is 4.90 Å². The van der Waals surface area contributed by atoms with E-state index in [9.17, 15) is 14.7 Å². The van der Waals surface area contributed by atoms with Crippen LogP contribution in [-0.4, -0.2) is 47.6 Å². The van der Waals surface area contributed by atoms with Crippen LogP contribution in [0.2, 0.25) is 0 Å². The second-order valence-electron chi connectivity index (χ2n) is 9.85. The topological polar surface area (TPSA) is 60.9 Å². The first-order valence-electron chi connectivity index (χ1n) is 12.4. The first kappa shape index (κ1) is 22.5. The van der Waals surface area contributed by atoms with Crippen molar-refractivity contribution in [1.82, 2.24) is 4.90 Å². The molecule has 0 unspecified atom stereocenters. The Hall–Kier alpha value is -3.34. The molecule has 1 amide bonds. The number of likely N-dealkylation sites (tertiary alicyclic amines) is 1. The quantitative estimate of drug-likeness (QED) is 0.528. The summed E-state index contributed by atoms with van der Waals surface area (Å²) in [5.41, 5.74) is 3.13. The molecule has 3 atom stereocenters. The van der Waals surface area contributed by atoms with Crippen LogP contribution in [-0.2, 0) is 4.79 Å². The van der Waals surface area contributed by atoms with E-state index in [-0.39, 0.29) is 5.91 Å². The number of fused-ring (bicyclic) bond motifs is 1. The maximum Gasteiger partial charge on any atom is 0.326 e. The van der Waals surface area contributed by atoms with Gasteiger partial charge in [0.15, 0.2) is 0 Å². The van der Waals surface area contributed by atoms with Crippen LogP contribution in [0.3, 0.4) is 0 Å². The normalized spacial score (nSPS) is 21.2. The molecule has 3 aromatic rings. The summed E-state index contributed by atoms with van der Waals surface area (Å²) < 4.78 is 0. The molecular weight excluding hydrogens is 424 g/mol. The van der Waals surface area contributed by atoms with Gasteiger partial charge >= 0.3 is 5.97 Å². The lowest BCUT2D eigenvalue weighted by Gasteiger charge is -2.23. The summed E-state index contributed by atoms with van der Waals surface area (Å²) in [5.74, 6) is 0.0397. The molecule has 0 bridgehead atoms. The van der Waals surface area contributed by atoms with Crippen LogP contribution in [0.4, 0.5) is 5.69 Å². The van der Waals surface area contributed by atoms with Gasteiger partial charge in [-0.05, 0) is 78.1 Å². The van der Waals surface area contributed by atoms with E-state index in [0.717, 1.165) is 31.6 Å². The molecular formula is C29H32N2O3. The van der Waals surface area contributed by atoms with Crippen LogP contribution >= 0.6 is 0 Å². The van der Waals surface area contributed by atoms with Gasteiger partial charge in [-0.15, -0.1) is 0 Å². The Morgan fingerprint density at radius 1 is 0.971 bits per heavy atom. The Kier molecular flexibility index (Phi) is 6.27. The highest BCUT2D eigenvalue weighted by molar-refractivity contribution is 5.97. The highest BCUT2D eigenvalue weighted by Crippen LogP contribution is 2.34. The first-order valence-corrected chi connectivity index (χ1v) is 12.4. The zero-order valence-electron chi connectivity index (χ0n) is 19.7. The Labute approximate surface area is 201 Å². The minimum Gasteiger partial charge on any atom is -0.480 e. The number of aliphatic carboxylic acids is 1. The molecule has 2 aliphatic rings. The van der Waals surface area contributed by atoms with Gasteiger partial charge in [0, 0.05) is 30.9 Å². The number of hydrogen-bond acceptors (Lipinski definition) is 3. The molecule has 2 aliphatic heterocycles. The first-order chi connectivity index (χ1) is 16.5. The number of nitrogens with zero attached hydrogens (tertiary/aromatic N) is 2. The fraction of sp³-hybridized carbons (Fsp3) is 0.379. The average Bonchev–Trinajstić information content (AvgIpc) is 3.53. The van der Waals surface area contributed by atoms with Crippen molar-refractivity contribution in [1.29, 1.82) is 0 Å². The minimum absolute atomic E-state index is 0.181. The van der Waals surface area contributed by atoms with Gasteiger partial charge < -0.3 is 14.9 Å². The third-order valence-electron chi connectivity index (χ3n) is 7.61. The van der Waals surface area contributed by atoms with E-state index in [1.54, 1.807) is 0 Å². The van der Waals surface area contributed by atoms with Crippen molar-refractivity contribution in [2.75, 3.05) is 24.5 Å². The Balaban J connectivity index is 1.22. The average molecular weight is 457 g/mol. The van der Waals surface area contributed by atoms with Crippen molar-refractivity contribution < 1.29 is 14.7 Å². The van der Waals surface area contributed by atoms with Gasteiger partial charge in [0.05, 0.1) is 0 Å². The summed E-state index contributed by atoms with van der Waals surface area (Å²) in [6.45, 7) is 4.90. The summed E-state index contributed by atoms with van der Waals surface area (Å²) in [4.78, 5) is 28.2. The predicted octanol–water partition coefficient (Wildman–Crippen LogP) is 5.55. The summed E-state index contributed by atoms with van der Waals surface area (Å²) in [6, 6.07) is 22.3. The van der Waals surface area contributed by atoms with Crippen molar-refractivity contribution >= 4 is 28.3 Å². The number of benzene rings is 3. The van der Waals surface area contributed by atoms with E-state index < -0.39 is 12.0 Å². The minimum atomic E-state index is -0.914. The smallest absolute Gasteiger partial charge is 0.326 e. The molecule has 3 aromatic carbocycles. The maximum absolute atomic E-state index is 12.8. The Morgan fingerprint density at radius 3 is 2.53 bits per heavy atom. The molecule has 5 heteroatoms. The van der Waals surface area contributed by atoms with Crippen LogP contribution in [0, 0.1) is 5.92 Å². The second-order valence-corrected chi connectivity index (χ2v) is 9.85. The van der Waals surface area contributed by atoms with Gasteiger partial charge in [0.1, 0.15) is 6.04 Å². The summed E-state index contributed by atoms with van der Waals surface area (Å²) >= 11 is 0. The lowest BCUT2D eigenvalue weighted by atomic mass is 9.87. The largest absolute Gasteiger partial charge is 0.480 e. The fourth-order valence-corrected chi connectivity index (χ4v) is 5.81. The molecule has 34 heavy (non-hydrogen) atoms. The highest BCUT2D eigenvalue weighted by atomic mass is 16.4. The third kappa shape index (κ3) is 4.39. The summed E-state index contributed by atoms with van der Waals surface area (Å²) in [5, 5.41) is 12.0. The molecule has 176 valence electrons. The van der Waals surface area contributed by atoms with Gasteiger partial charge in [0.2, 0.25) is 0 Å². The van der Waals surface area contributed by atoms with Crippen molar-refractivity contribution in [3.05, 3.63) is 77.9 Å². The lowest BCUT2D eigenvalue weighted by molar-refractivity contribution is -0.141. The molecule has 1 N–H and O–H groups in total. The molecule has 5 rings (SSSR count). The molecule has 0 radical (unpaired) electrons. The number of amides is 1. The summed E-state index contributed by atoms with van der Waals surface area (Å²) in [7, 11) is 0. The standard InChI is InChI=1S/C29H32N2O3/c1-20(25-9-4-7-22-6-2-3-8-26(22)25)18-21-15-17-30(19-21)24-13-11-23(12-14-24)28(32)31-16-5-10-27(31)29(33)34/h2-4,6-9,11-14,20-21,27H,5,10,15-19H2,1H3,(H,33,34)/t20-,21+,27+/m0/s1. The zero-order chi connectivity index (χ0) is 23.7.